The van der Waals surface area contributed by atoms with Crippen molar-refractivity contribution in [1.29, 1.82) is 0 Å². The molecule has 1 unspecified atom stereocenters. The molecule has 1 aliphatic heterocycles. The number of aryl methyl sites for hydroxylation is 1. The van der Waals surface area contributed by atoms with E-state index in [9.17, 15) is 4.79 Å². The first-order valence-corrected chi connectivity index (χ1v) is 10.9. The number of carbonyl (C=O) groups excluding carboxylic acids is 1. The second-order valence-electron chi connectivity index (χ2n) is 7.03. The van der Waals surface area contributed by atoms with Crippen LogP contribution in [0.2, 0.25) is 0 Å². The molecule has 0 saturated carbocycles. The highest BCUT2D eigenvalue weighted by atomic mass is 32.2. The summed E-state index contributed by atoms with van der Waals surface area (Å²) in [6.07, 6.45) is -0.497. The number of aromatic nitrogens is 4. The molecular formula is C22H19N5O4S. The van der Waals surface area contributed by atoms with Gasteiger partial charge in [-0.15, -0.1) is 10.2 Å². The number of amides is 1. The Labute approximate surface area is 187 Å². The number of nitrogens with zero attached hydrogens (tertiary/aromatic N) is 4. The van der Waals surface area contributed by atoms with Crippen LogP contribution in [0.3, 0.4) is 0 Å². The van der Waals surface area contributed by atoms with Gasteiger partial charge in [-0.3, -0.25) is 4.79 Å². The molecule has 162 valence electrons. The largest absolute Gasteiger partial charge is 0.485 e. The summed E-state index contributed by atoms with van der Waals surface area (Å²) in [5.74, 6) is 2.10. The van der Waals surface area contributed by atoms with Crippen LogP contribution in [-0.4, -0.2) is 38.2 Å². The lowest BCUT2D eigenvalue weighted by Gasteiger charge is -2.23. The Hall–Kier alpha value is -3.79. The van der Waals surface area contributed by atoms with Gasteiger partial charge in [-0.05, 0) is 31.2 Å². The summed E-state index contributed by atoms with van der Waals surface area (Å²) in [6, 6.07) is 18.8. The number of hydrogen-bond acceptors (Lipinski definition) is 8. The van der Waals surface area contributed by atoms with Gasteiger partial charge in [0.05, 0.1) is 17.1 Å². The van der Waals surface area contributed by atoms with Crippen molar-refractivity contribution in [3.05, 3.63) is 72.2 Å². The topological polar surface area (TPSA) is 104 Å². The Bertz CT molecular complexity index is 1240. The summed E-state index contributed by atoms with van der Waals surface area (Å²) in [4.78, 5) is 12.5. The smallest absolute Gasteiger partial charge is 0.277 e. The summed E-state index contributed by atoms with van der Waals surface area (Å²) in [7, 11) is 0. The van der Waals surface area contributed by atoms with Gasteiger partial charge in [0.15, 0.2) is 11.5 Å². The van der Waals surface area contributed by atoms with Gasteiger partial charge in [0.1, 0.15) is 12.4 Å². The molecule has 0 fully saturated rings. The van der Waals surface area contributed by atoms with E-state index in [1.165, 1.54) is 0 Å². The molecule has 2 aromatic carbocycles. The molecule has 5 rings (SSSR count). The second kappa shape index (κ2) is 8.75. The number of ether oxygens (including phenoxy) is 2. The molecule has 1 amide bonds. The molecule has 9 nitrogen and oxygen atoms in total. The molecule has 1 atom stereocenters. The van der Waals surface area contributed by atoms with Crippen LogP contribution in [0.1, 0.15) is 17.7 Å². The molecule has 0 spiro atoms. The number of nitrogens with one attached hydrogen (secondary N) is 1. The zero-order valence-corrected chi connectivity index (χ0v) is 17.9. The predicted molar refractivity (Wildman–Crippen MR) is 117 cm³/mol. The summed E-state index contributed by atoms with van der Waals surface area (Å²) in [5, 5.41) is 15.7. The number of para-hydroxylation sites is 3. The van der Waals surface area contributed by atoms with E-state index in [1.54, 1.807) is 4.68 Å². The van der Waals surface area contributed by atoms with E-state index >= 15 is 0 Å². The van der Waals surface area contributed by atoms with Crippen molar-refractivity contribution < 1.29 is 18.7 Å². The van der Waals surface area contributed by atoms with E-state index in [0.717, 1.165) is 23.1 Å². The highest BCUT2D eigenvalue weighted by molar-refractivity contribution is 7.99. The van der Waals surface area contributed by atoms with Crippen molar-refractivity contribution in [3.63, 3.8) is 0 Å². The zero-order valence-electron chi connectivity index (χ0n) is 17.1. The molecule has 32 heavy (non-hydrogen) atoms. The third-order valence-electron chi connectivity index (χ3n) is 4.63. The van der Waals surface area contributed by atoms with Crippen LogP contribution in [0, 0.1) is 6.92 Å². The number of benzene rings is 2. The lowest BCUT2D eigenvalue weighted by Crippen LogP contribution is -2.21. The monoisotopic (exact) mass is 449 g/mol. The maximum absolute atomic E-state index is 12.5. The molecule has 4 aromatic rings. The van der Waals surface area contributed by atoms with Gasteiger partial charge >= 0.3 is 0 Å². The van der Waals surface area contributed by atoms with Crippen LogP contribution in [-0.2, 0) is 4.79 Å². The summed E-state index contributed by atoms with van der Waals surface area (Å²) < 4.78 is 18.9. The molecule has 0 aliphatic carbocycles. The number of rotatable bonds is 6. The Morgan fingerprint density at radius 3 is 2.75 bits per heavy atom. The van der Waals surface area contributed by atoms with E-state index in [-0.39, 0.29) is 23.5 Å². The predicted octanol–water partition coefficient (Wildman–Crippen LogP) is 3.81. The minimum absolute atomic E-state index is 0.103. The Morgan fingerprint density at radius 1 is 1.12 bits per heavy atom. The molecule has 3 heterocycles. The quantitative estimate of drug-likeness (QED) is 0.443. The van der Waals surface area contributed by atoms with Crippen molar-refractivity contribution in [3.8, 4) is 17.2 Å². The number of carbonyl (C=O) groups is 1. The van der Waals surface area contributed by atoms with E-state index in [2.05, 4.69) is 20.6 Å². The van der Waals surface area contributed by atoms with E-state index in [0.29, 0.717) is 23.2 Å². The fraction of sp³-hybridized carbons (Fsp3) is 0.182. The first-order chi connectivity index (χ1) is 15.7. The average molecular weight is 449 g/mol. The van der Waals surface area contributed by atoms with Gasteiger partial charge in [0.2, 0.25) is 12.0 Å². The van der Waals surface area contributed by atoms with E-state index in [4.69, 9.17) is 13.9 Å². The van der Waals surface area contributed by atoms with Crippen LogP contribution < -0.4 is 14.8 Å². The average Bonchev–Trinajstić information content (AvgIpc) is 3.44. The number of hydrogen-bond donors (Lipinski definition) is 1. The van der Waals surface area contributed by atoms with E-state index in [1.807, 2.05) is 67.6 Å². The van der Waals surface area contributed by atoms with Crippen LogP contribution in [0.5, 0.6) is 11.5 Å². The van der Waals surface area contributed by atoms with Gasteiger partial charge in [0, 0.05) is 6.07 Å². The minimum Gasteiger partial charge on any atom is -0.485 e. The van der Waals surface area contributed by atoms with Crippen molar-refractivity contribution in [2.24, 2.45) is 0 Å². The van der Waals surface area contributed by atoms with Crippen molar-refractivity contribution in [2.75, 3.05) is 17.7 Å². The van der Waals surface area contributed by atoms with Gasteiger partial charge in [-0.2, -0.15) is 5.10 Å². The first-order valence-electron chi connectivity index (χ1n) is 9.92. The number of fused-ring (bicyclic) bond motifs is 1. The number of thioether (sulfide) groups is 1. The Kier molecular flexibility index (Phi) is 5.51. The molecule has 1 aliphatic rings. The van der Waals surface area contributed by atoms with Crippen LogP contribution in [0.4, 0.5) is 5.82 Å². The Balaban J connectivity index is 1.20. The van der Waals surface area contributed by atoms with E-state index < -0.39 is 6.10 Å². The lowest BCUT2D eigenvalue weighted by molar-refractivity contribution is -0.113. The van der Waals surface area contributed by atoms with Crippen molar-refractivity contribution in [1.82, 2.24) is 20.0 Å². The summed E-state index contributed by atoms with van der Waals surface area (Å²) in [6.45, 7) is 2.14. The maximum Gasteiger partial charge on any atom is 0.277 e. The third-order valence-corrected chi connectivity index (χ3v) is 5.45. The molecule has 0 saturated heterocycles. The van der Waals surface area contributed by atoms with Gasteiger partial charge in [-0.25, -0.2) is 4.68 Å². The number of anilines is 1. The van der Waals surface area contributed by atoms with Crippen LogP contribution in [0.15, 0.2) is 70.3 Å². The zero-order chi connectivity index (χ0) is 21.9. The first kappa shape index (κ1) is 20.1. The van der Waals surface area contributed by atoms with Gasteiger partial charge in [-0.1, -0.05) is 42.1 Å². The molecule has 0 bridgehead atoms. The van der Waals surface area contributed by atoms with Crippen LogP contribution >= 0.6 is 11.8 Å². The Morgan fingerprint density at radius 2 is 1.91 bits per heavy atom. The molecule has 1 N–H and O–H groups in total. The summed E-state index contributed by atoms with van der Waals surface area (Å²) in [5.41, 5.74) is 1.66. The van der Waals surface area contributed by atoms with Crippen LogP contribution in [0.25, 0.3) is 5.69 Å². The minimum atomic E-state index is -0.497. The second-order valence-corrected chi connectivity index (χ2v) is 7.95. The van der Waals surface area contributed by atoms with Crippen molar-refractivity contribution >= 4 is 23.5 Å². The maximum atomic E-state index is 12.5. The standard InChI is InChI=1S/C22H19N5O4S/c1-14-11-19(27(26-14)15-7-3-2-4-8-15)23-20(28)13-32-22-25-24-21(31-22)18-12-29-16-9-5-6-10-17(16)30-18/h2-11,18H,12-13H2,1H3,(H,23,28). The fourth-order valence-corrected chi connectivity index (χ4v) is 3.78. The molecule has 10 heteroatoms. The fourth-order valence-electron chi connectivity index (χ4n) is 3.21. The van der Waals surface area contributed by atoms with Gasteiger partial charge < -0.3 is 19.2 Å². The highest BCUT2D eigenvalue weighted by Crippen LogP contribution is 2.36. The molecule has 0 radical (unpaired) electrons. The SMILES string of the molecule is Cc1cc(NC(=O)CSc2nnc(C3COc4ccccc4O3)o2)n(-c2ccccc2)n1. The molecular weight excluding hydrogens is 430 g/mol. The third kappa shape index (κ3) is 4.30. The van der Waals surface area contributed by atoms with Gasteiger partial charge in [0.25, 0.3) is 11.1 Å². The van der Waals surface area contributed by atoms with Crippen molar-refractivity contribution in [2.45, 2.75) is 18.3 Å². The highest BCUT2D eigenvalue weighted by Gasteiger charge is 2.27. The summed E-state index contributed by atoms with van der Waals surface area (Å²) >= 11 is 1.15. The normalized spacial score (nSPS) is 14.8. The molecule has 2 aromatic heterocycles. The lowest BCUT2D eigenvalue weighted by atomic mass is 10.2.